The first-order chi connectivity index (χ1) is 15.6. The molecule has 0 bridgehead atoms. The molecule has 34 heavy (non-hydrogen) atoms. The zero-order chi connectivity index (χ0) is 25.3. The zero-order valence-corrected chi connectivity index (χ0v) is 18.0. The molecule has 2 aromatic carbocycles. The summed E-state index contributed by atoms with van der Waals surface area (Å²) in [5.41, 5.74) is -1.74. The molecule has 1 atom stereocenters. The number of hydrogen-bond donors (Lipinski definition) is 1. The number of ether oxygens (including phenoxy) is 1. The maximum atomic E-state index is 15.6. The second-order valence-corrected chi connectivity index (χ2v) is 8.56. The largest absolute Gasteiger partial charge is 0.436 e. The number of aliphatic imine (C=N–C) groups is 1. The van der Waals surface area contributed by atoms with Crippen molar-refractivity contribution in [2.45, 2.75) is 44.0 Å². The van der Waals surface area contributed by atoms with Crippen LogP contribution in [0.15, 0.2) is 39.7 Å². The summed E-state index contributed by atoms with van der Waals surface area (Å²) in [6, 6.07) is 3.53. The van der Waals surface area contributed by atoms with Gasteiger partial charge in [-0.15, -0.1) is 0 Å². The molecular weight excluding hydrogens is 471 g/mol. The van der Waals surface area contributed by atoms with Gasteiger partial charge in [0.05, 0.1) is 11.1 Å². The van der Waals surface area contributed by atoms with Gasteiger partial charge >= 0.3 is 12.1 Å². The monoisotopic (exact) mass is 489 g/mol. The number of hydrogen-bond acceptors (Lipinski definition) is 5. The molecular formula is C22H18F7N3O2. The van der Waals surface area contributed by atoms with Crippen molar-refractivity contribution < 1.29 is 39.9 Å². The van der Waals surface area contributed by atoms with E-state index in [0.717, 1.165) is 39.0 Å². The summed E-state index contributed by atoms with van der Waals surface area (Å²) >= 11 is 0. The van der Waals surface area contributed by atoms with Gasteiger partial charge in [-0.1, -0.05) is 0 Å². The third-order valence-corrected chi connectivity index (χ3v) is 5.84. The van der Waals surface area contributed by atoms with E-state index >= 15 is 8.78 Å². The van der Waals surface area contributed by atoms with Gasteiger partial charge in [0.1, 0.15) is 35.2 Å². The maximum absolute atomic E-state index is 15.6. The first-order valence-electron chi connectivity index (χ1n) is 9.90. The lowest BCUT2D eigenvalue weighted by Crippen LogP contribution is -2.56. The van der Waals surface area contributed by atoms with Gasteiger partial charge in [-0.2, -0.15) is 13.2 Å². The number of nitrogens with two attached hydrogens (primary N) is 1. The van der Waals surface area contributed by atoms with Crippen molar-refractivity contribution in [2.75, 3.05) is 6.61 Å². The zero-order valence-electron chi connectivity index (χ0n) is 18.0. The Morgan fingerprint density at radius 2 is 1.68 bits per heavy atom. The van der Waals surface area contributed by atoms with Gasteiger partial charge in [0.2, 0.25) is 5.89 Å². The minimum atomic E-state index is -4.66. The molecule has 0 saturated heterocycles. The first kappa shape index (κ1) is 24.0. The summed E-state index contributed by atoms with van der Waals surface area (Å²) in [5, 5.41) is 0. The Kier molecular flexibility index (Phi) is 5.24. The Labute approximate surface area is 188 Å². The van der Waals surface area contributed by atoms with Crippen molar-refractivity contribution in [2.24, 2.45) is 10.7 Å². The third-order valence-electron chi connectivity index (χ3n) is 5.84. The number of fused-ring (bicyclic) bond motifs is 1. The quantitative estimate of drug-likeness (QED) is 0.462. The van der Waals surface area contributed by atoms with Gasteiger partial charge in [0.15, 0.2) is 11.1 Å². The molecule has 182 valence electrons. The SMILES string of the molecule is CC1(C)OCC(N)=NC(C)(c2cc(-c3nc4ccc(C(F)(F)F)cc4o3)c(F)cc2F)C1(F)F. The van der Waals surface area contributed by atoms with Gasteiger partial charge < -0.3 is 14.9 Å². The van der Waals surface area contributed by atoms with Crippen LogP contribution in [0.5, 0.6) is 0 Å². The van der Waals surface area contributed by atoms with E-state index in [1.807, 2.05) is 0 Å². The highest BCUT2D eigenvalue weighted by Gasteiger charge is 2.64. The molecule has 2 heterocycles. The molecule has 3 aromatic rings. The molecule has 0 saturated carbocycles. The van der Waals surface area contributed by atoms with Crippen molar-refractivity contribution in [3.63, 3.8) is 0 Å². The average molecular weight is 489 g/mol. The van der Waals surface area contributed by atoms with E-state index in [1.54, 1.807) is 0 Å². The summed E-state index contributed by atoms with van der Waals surface area (Å²) < 4.78 is 110. The summed E-state index contributed by atoms with van der Waals surface area (Å²) in [5.74, 6) is -7.26. The Hall–Kier alpha value is -3.15. The Bertz CT molecular complexity index is 1310. The summed E-state index contributed by atoms with van der Waals surface area (Å²) in [4.78, 5) is 7.75. The van der Waals surface area contributed by atoms with Gasteiger partial charge in [0, 0.05) is 11.6 Å². The van der Waals surface area contributed by atoms with Crippen LogP contribution in [0.1, 0.15) is 31.9 Å². The molecule has 1 aliphatic rings. The van der Waals surface area contributed by atoms with Crippen molar-refractivity contribution in [1.82, 2.24) is 4.98 Å². The van der Waals surface area contributed by atoms with Crippen LogP contribution in [0.3, 0.4) is 0 Å². The number of alkyl halides is 5. The van der Waals surface area contributed by atoms with E-state index < -0.39 is 64.1 Å². The Morgan fingerprint density at radius 3 is 2.32 bits per heavy atom. The fourth-order valence-corrected chi connectivity index (χ4v) is 3.85. The van der Waals surface area contributed by atoms with E-state index in [2.05, 4.69) is 9.98 Å². The van der Waals surface area contributed by atoms with Crippen LogP contribution in [0.25, 0.3) is 22.6 Å². The molecule has 0 spiro atoms. The highest BCUT2D eigenvalue weighted by Crippen LogP contribution is 2.51. The smallest absolute Gasteiger partial charge is 0.416 e. The fraction of sp³-hybridized carbons (Fsp3) is 0.364. The van der Waals surface area contributed by atoms with Crippen LogP contribution in [0.4, 0.5) is 30.7 Å². The molecule has 0 fully saturated rings. The third kappa shape index (κ3) is 3.60. The molecule has 4 rings (SSSR count). The van der Waals surface area contributed by atoms with Gasteiger partial charge in [0.25, 0.3) is 0 Å². The van der Waals surface area contributed by atoms with Crippen LogP contribution in [-0.4, -0.2) is 29.0 Å². The number of rotatable bonds is 2. The maximum Gasteiger partial charge on any atom is 0.416 e. The fourth-order valence-electron chi connectivity index (χ4n) is 3.85. The standard InChI is InChI=1S/C22H18F7N3O2/c1-19(2)22(28,29)20(3,32-17(30)9-33-19)12-7-11(13(23)8-14(12)24)18-31-15-5-4-10(21(25,26)27)6-16(15)34-18/h4-8H,9H2,1-3H3,(H2,30,32). The summed E-state index contributed by atoms with van der Waals surface area (Å²) in [6.45, 7) is 2.65. The highest BCUT2D eigenvalue weighted by atomic mass is 19.4. The van der Waals surface area contributed by atoms with Crippen molar-refractivity contribution >= 4 is 16.9 Å². The molecule has 1 aliphatic heterocycles. The Morgan fingerprint density at radius 1 is 1.00 bits per heavy atom. The van der Waals surface area contributed by atoms with Crippen LogP contribution in [-0.2, 0) is 16.5 Å². The number of halogens is 7. The van der Waals surface area contributed by atoms with Gasteiger partial charge in [-0.25, -0.2) is 22.5 Å². The van der Waals surface area contributed by atoms with Crippen molar-refractivity contribution in [3.8, 4) is 11.5 Å². The molecule has 0 amide bonds. The Balaban J connectivity index is 1.92. The number of benzene rings is 2. The number of oxazole rings is 1. The average Bonchev–Trinajstić information content (AvgIpc) is 3.12. The second-order valence-electron chi connectivity index (χ2n) is 8.56. The van der Waals surface area contributed by atoms with Crippen LogP contribution in [0, 0.1) is 11.6 Å². The predicted octanol–water partition coefficient (Wildman–Crippen LogP) is 5.81. The molecule has 5 nitrogen and oxygen atoms in total. The molecule has 1 aromatic heterocycles. The minimum Gasteiger partial charge on any atom is -0.436 e. The molecule has 0 radical (unpaired) electrons. The van der Waals surface area contributed by atoms with E-state index in [9.17, 15) is 22.0 Å². The van der Waals surface area contributed by atoms with Crippen molar-refractivity contribution in [3.05, 3.63) is 53.1 Å². The normalized spacial score (nSPS) is 22.5. The lowest BCUT2D eigenvalue weighted by atomic mass is 9.77. The van der Waals surface area contributed by atoms with E-state index in [-0.39, 0.29) is 16.9 Å². The van der Waals surface area contributed by atoms with E-state index in [4.69, 9.17) is 14.9 Å². The minimum absolute atomic E-state index is 0.0453. The first-order valence-corrected chi connectivity index (χ1v) is 9.90. The molecule has 2 N–H and O–H groups in total. The summed E-state index contributed by atoms with van der Waals surface area (Å²) in [6.07, 6.45) is -4.66. The van der Waals surface area contributed by atoms with Crippen molar-refractivity contribution in [1.29, 1.82) is 0 Å². The number of amidine groups is 1. The summed E-state index contributed by atoms with van der Waals surface area (Å²) in [7, 11) is 0. The van der Waals surface area contributed by atoms with E-state index in [0.29, 0.717) is 12.1 Å². The highest BCUT2D eigenvalue weighted by molar-refractivity contribution is 5.83. The second kappa shape index (κ2) is 7.42. The molecule has 1 unspecified atom stereocenters. The van der Waals surface area contributed by atoms with Crippen LogP contribution < -0.4 is 5.73 Å². The van der Waals surface area contributed by atoms with Gasteiger partial charge in [-0.05, 0) is 45.0 Å². The predicted molar refractivity (Wildman–Crippen MR) is 108 cm³/mol. The molecule has 12 heteroatoms. The van der Waals surface area contributed by atoms with Crippen LogP contribution in [0.2, 0.25) is 0 Å². The molecule has 0 aliphatic carbocycles. The topological polar surface area (TPSA) is 73.6 Å². The number of aromatic nitrogens is 1. The lowest BCUT2D eigenvalue weighted by molar-refractivity contribution is -0.214. The lowest BCUT2D eigenvalue weighted by Gasteiger charge is -2.42. The van der Waals surface area contributed by atoms with Crippen LogP contribution >= 0.6 is 0 Å². The van der Waals surface area contributed by atoms with Gasteiger partial charge in [-0.3, -0.25) is 4.99 Å². The van der Waals surface area contributed by atoms with E-state index in [1.165, 1.54) is 0 Å². The number of nitrogens with zero attached hydrogens (tertiary/aromatic N) is 2.